The maximum atomic E-state index is 12.0. The highest BCUT2D eigenvalue weighted by Gasteiger charge is 2.54. The Morgan fingerprint density at radius 3 is 2.18 bits per heavy atom. The van der Waals surface area contributed by atoms with E-state index < -0.39 is 15.4 Å². The summed E-state index contributed by atoms with van der Waals surface area (Å²) in [6.07, 6.45) is 2.81. The van der Waals surface area contributed by atoms with E-state index in [9.17, 15) is 13.5 Å². The average molecular weight is 261 g/mol. The predicted octanol–water partition coefficient (Wildman–Crippen LogP) is 0.831. The van der Waals surface area contributed by atoms with Gasteiger partial charge in [-0.05, 0) is 38.0 Å². The molecule has 2 aliphatic rings. The quantitative estimate of drug-likeness (QED) is 0.788. The Morgan fingerprint density at radius 2 is 1.76 bits per heavy atom. The normalized spacial score (nSPS) is 41.7. The number of nitrogens with two attached hydrogens (primary N) is 1. The molecule has 3 N–H and O–H groups in total. The first-order valence-corrected chi connectivity index (χ1v) is 8.07. The Balaban J connectivity index is 2.15. The van der Waals surface area contributed by atoms with Gasteiger partial charge in [0.15, 0.2) is 9.84 Å². The standard InChI is InChI=1S/C12H23NO3S/c1-8(2)5-11(13)12(14)6-9-3-4-10(7-12)17(9,15)16/h8-11,14H,3-7,13H2,1-2H3. The van der Waals surface area contributed by atoms with Gasteiger partial charge in [0.2, 0.25) is 0 Å². The number of sulfone groups is 1. The maximum Gasteiger partial charge on any atom is 0.156 e. The molecule has 2 aliphatic heterocycles. The smallest absolute Gasteiger partial charge is 0.156 e. The van der Waals surface area contributed by atoms with E-state index in [4.69, 9.17) is 5.73 Å². The Morgan fingerprint density at radius 1 is 1.29 bits per heavy atom. The Hall–Kier alpha value is -0.130. The van der Waals surface area contributed by atoms with E-state index in [1.165, 1.54) is 0 Å². The molecule has 0 aromatic heterocycles. The summed E-state index contributed by atoms with van der Waals surface area (Å²) in [4.78, 5) is 0. The molecule has 2 heterocycles. The molecule has 0 aromatic rings. The van der Waals surface area contributed by atoms with Crippen molar-refractivity contribution < 1.29 is 13.5 Å². The van der Waals surface area contributed by atoms with E-state index in [0.29, 0.717) is 31.6 Å². The zero-order chi connectivity index (χ0) is 12.8. The van der Waals surface area contributed by atoms with Crippen LogP contribution in [0.25, 0.3) is 0 Å². The van der Waals surface area contributed by atoms with Crippen LogP contribution in [0, 0.1) is 5.92 Å². The summed E-state index contributed by atoms with van der Waals surface area (Å²) in [5, 5.41) is 9.90. The van der Waals surface area contributed by atoms with Crippen LogP contribution in [0.3, 0.4) is 0 Å². The van der Waals surface area contributed by atoms with E-state index in [-0.39, 0.29) is 16.5 Å². The number of rotatable bonds is 3. The molecule has 2 fully saturated rings. The second-order valence-corrected chi connectivity index (χ2v) is 8.67. The Labute approximate surface area is 104 Å². The molecule has 0 saturated carbocycles. The molecule has 4 nitrogen and oxygen atoms in total. The van der Waals surface area contributed by atoms with E-state index >= 15 is 0 Å². The Bertz CT molecular complexity index is 371. The molecule has 0 aliphatic carbocycles. The number of hydrogen-bond donors (Lipinski definition) is 2. The molecule has 2 saturated heterocycles. The van der Waals surface area contributed by atoms with Crippen molar-refractivity contribution in [1.82, 2.24) is 0 Å². The van der Waals surface area contributed by atoms with Gasteiger partial charge in [0.25, 0.3) is 0 Å². The monoisotopic (exact) mass is 261 g/mol. The molecule has 3 unspecified atom stereocenters. The van der Waals surface area contributed by atoms with E-state index in [1.807, 2.05) is 0 Å². The second-order valence-electron chi connectivity index (χ2n) is 6.16. The van der Waals surface area contributed by atoms with Crippen molar-refractivity contribution >= 4 is 9.84 Å². The van der Waals surface area contributed by atoms with Crippen molar-refractivity contribution in [2.45, 2.75) is 68.1 Å². The third-order valence-electron chi connectivity index (χ3n) is 4.32. The first-order chi connectivity index (χ1) is 7.75. The lowest BCUT2D eigenvalue weighted by Crippen LogP contribution is -2.56. The van der Waals surface area contributed by atoms with Crippen molar-refractivity contribution in [3.63, 3.8) is 0 Å². The minimum Gasteiger partial charge on any atom is -0.388 e. The molecule has 0 amide bonds. The zero-order valence-corrected chi connectivity index (χ0v) is 11.4. The Kier molecular flexibility index (Phi) is 3.30. The molecule has 2 bridgehead atoms. The van der Waals surface area contributed by atoms with Crippen LogP contribution in [-0.2, 0) is 9.84 Å². The predicted molar refractivity (Wildman–Crippen MR) is 67.3 cm³/mol. The summed E-state index contributed by atoms with van der Waals surface area (Å²) in [6.45, 7) is 4.13. The van der Waals surface area contributed by atoms with Crippen LogP contribution >= 0.6 is 0 Å². The van der Waals surface area contributed by atoms with Crippen LogP contribution in [-0.4, -0.2) is 35.7 Å². The van der Waals surface area contributed by atoms with Crippen molar-refractivity contribution in [3.8, 4) is 0 Å². The average Bonchev–Trinajstić information content (AvgIpc) is 2.37. The van der Waals surface area contributed by atoms with Gasteiger partial charge in [0.1, 0.15) is 0 Å². The summed E-state index contributed by atoms with van der Waals surface area (Å²) in [5.41, 5.74) is 5.11. The summed E-state index contributed by atoms with van der Waals surface area (Å²) in [5.74, 6) is 0.421. The lowest BCUT2D eigenvalue weighted by Gasteiger charge is -2.40. The SMILES string of the molecule is CC(C)CC(N)C1(O)CC2CCC(C1)S2(=O)=O. The zero-order valence-electron chi connectivity index (χ0n) is 10.6. The second kappa shape index (κ2) is 4.21. The van der Waals surface area contributed by atoms with Gasteiger partial charge in [-0.15, -0.1) is 0 Å². The maximum absolute atomic E-state index is 12.0. The summed E-state index contributed by atoms with van der Waals surface area (Å²) in [7, 11) is -2.98. The lowest BCUT2D eigenvalue weighted by molar-refractivity contribution is -0.00892. The van der Waals surface area contributed by atoms with Gasteiger partial charge >= 0.3 is 0 Å². The molecule has 3 atom stereocenters. The molecular weight excluding hydrogens is 238 g/mol. The van der Waals surface area contributed by atoms with Gasteiger partial charge in [-0.25, -0.2) is 8.42 Å². The number of hydrogen-bond acceptors (Lipinski definition) is 4. The summed E-state index contributed by atoms with van der Waals surface area (Å²) < 4.78 is 23.9. The first-order valence-electron chi connectivity index (χ1n) is 6.46. The largest absolute Gasteiger partial charge is 0.388 e. The van der Waals surface area contributed by atoms with Gasteiger partial charge in [-0.3, -0.25) is 0 Å². The number of fused-ring (bicyclic) bond motifs is 2. The highest BCUT2D eigenvalue weighted by Crippen LogP contribution is 2.44. The molecule has 100 valence electrons. The molecule has 0 spiro atoms. The fraction of sp³-hybridized carbons (Fsp3) is 1.00. The lowest BCUT2D eigenvalue weighted by atomic mass is 9.82. The molecular formula is C12H23NO3S. The van der Waals surface area contributed by atoms with Crippen LogP contribution in [0.5, 0.6) is 0 Å². The van der Waals surface area contributed by atoms with E-state index in [1.54, 1.807) is 0 Å². The topological polar surface area (TPSA) is 80.4 Å². The van der Waals surface area contributed by atoms with E-state index in [2.05, 4.69) is 13.8 Å². The van der Waals surface area contributed by atoms with E-state index in [0.717, 1.165) is 6.42 Å². The van der Waals surface area contributed by atoms with Crippen molar-refractivity contribution in [2.24, 2.45) is 11.7 Å². The molecule has 2 rings (SSSR count). The van der Waals surface area contributed by atoms with Crippen LogP contribution in [0.4, 0.5) is 0 Å². The molecule has 5 heteroatoms. The van der Waals surface area contributed by atoms with Gasteiger partial charge in [0, 0.05) is 6.04 Å². The van der Waals surface area contributed by atoms with Crippen LogP contribution in [0.2, 0.25) is 0 Å². The minimum absolute atomic E-state index is 0.305. The van der Waals surface area contributed by atoms with Crippen molar-refractivity contribution in [2.75, 3.05) is 0 Å². The van der Waals surface area contributed by atoms with Crippen LogP contribution in [0.15, 0.2) is 0 Å². The van der Waals surface area contributed by atoms with Crippen LogP contribution in [0.1, 0.15) is 46.0 Å². The first kappa shape index (κ1) is 13.3. The molecule has 0 radical (unpaired) electrons. The highest BCUT2D eigenvalue weighted by molar-refractivity contribution is 7.93. The number of aliphatic hydroxyl groups is 1. The molecule has 17 heavy (non-hydrogen) atoms. The third kappa shape index (κ3) is 2.25. The van der Waals surface area contributed by atoms with Crippen LogP contribution < -0.4 is 5.73 Å². The van der Waals surface area contributed by atoms with Crippen molar-refractivity contribution in [1.29, 1.82) is 0 Å². The minimum atomic E-state index is -2.98. The third-order valence-corrected chi connectivity index (χ3v) is 6.98. The summed E-state index contributed by atoms with van der Waals surface area (Å²) in [6, 6.07) is -0.305. The van der Waals surface area contributed by atoms with Crippen molar-refractivity contribution in [3.05, 3.63) is 0 Å². The fourth-order valence-corrected chi connectivity index (χ4v) is 5.83. The van der Waals surface area contributed by atoms with Gasteiger partial charge in [0.05, 0.1) is 16.1 Å². The highest BCUT2D eigenvalue weighted by atomic mass is 32.2. The summed E-state index contributed by atoms with van der Waals surface area (Å²) >= 11 is 0. The van der Waals surface area contributed by atoms with Gasteiger partial charge < -0.3 is 10.8 Å². The fourth-order valence-electron chi connectivity index (χ4n) is 3.31. The molecule has 0 aromatic carbocycles. The van der Waals surface area contributed by atoms with Gasteiger partial charge in [-0.1, -0.05) is 13.8 Å². The van der Waals surface area contributed by atoms with Gasteiger partial charge in [-0.2, -0.15) is 0 Å².